The summed E-state index contributed by atoms with van der Waals surface area (Å²) in [7, 11) is 0. The molecule has 0 aliphatic heterocycles. The Balaban J connectivity index is 1.56. The highest BCUT2D eigenvalue weighted by atomic mass is 32.2. The maximum Gasteiger partial charge on any atom is 0.234 e. The number of aromatic nitrogens is 1. The molecule has 0 unspecified atom stereocenters. The van der Waals surface area contributed by atoms with Gasteiger partial charge in [-0.2, -0.15) is 5.26 Å². The number of nitrogens with one attached hydrogen (secondary N) is 1. The molecule has 34 heavy (non-hydrogen) atoms. The van der Waals surface area contributed by atoms with Crippen LogP contribution in [0, 0.1) is 11.3 Å². The van der Waals surface area contributed by atoms with E-state index in [0.29, 0.717) is 41.0 Å². The average Bonchev–Trinajstić information content (AvgIpc) is 3.38. The van der Waals surface area contributed by atoms with Crippen molar-refractivity contribution in [3.63, 3.8) is 0 Å². The quantitative estimate of drug-likeness (QED) is 0.363. The number of nitriles is 1. The van der Waals surface area contributed by atoms with E-state index in [9.17, 15) is 10.1 Å². The van der Waals surface area contributed by atoms with E-state index >= 15 is 0 Å². The van der Waals surface area contributed by atoms with E-state index in [4.69, 9.17) is 14.5 Å². The molecule has 2 aromatic heterocycles. The van der Waals surface area contributed by atoms with Gasteiger partial charge in [-0.15, -0.1) is 11.3 Å². The summed E-state index contributed by atoms with van der Waals surface area (Å²) in [6.45, 7) is 4.84. The third-order valence-corrected chi connectivity index (χ3v) is 7.36. The van der Waals surface area contributed by atoms with E-state index in [1.807, 2.05) is 25.3 Å². The maximum atomic E-state index is 12.8. The Labute approximate surface area is 208 Å². The molecule has 0 bridgehead atoms. The fourth-order valence-electron chi connectivity index (χ4n) is 4.08. The molecular weight excluding hydrogens is 466 g/mol. The minimum Gasteiger partial charge on any atom is -0.494 e. The van der Waals surface area contributed by atoms with Crippen molar-refractivity contribution in [3.05, 3.63) is 52.5 Å². The molecule has 1 aromatic carbocycles. The monoisotopic (exact) mass is 493 g/mol. The lowest BCUT2D eigenvalue weighted by Gasteiger charge is -2.21. The van der Waals surface area contributed by atoms with E-state index in [1.54, 1.807) is 29.5 Å². The Hall–Kier alpha value is -3.02. The zero-order valence-corrected chi connectivity index (χ0v) is 21.0. The zero-order chi connectivity index (χ0) is 23.9. The predicted octanol–water partition coefficient (Wildman–Crippen LogP) is 6.09. The molecule has 176 valence electrons. The van der Waals surface area contributed by atoms with Crippen LogP contribution in [0.2, 0.25) is 0 Å². The lowest BCUT2D eigenvalue weighted by Crippen LogP contribution is -2.16. The first-order valence-corrected chi connectivity index (χ1v) is 13.3. The minimum absolute atomic E-state index is 0.142. The second-order valence-electron chi connectivity index (χ2n) is 7.75. The first-order valence-electron chi connectivity index (χ1n) is 11.5. The first-order chi connectivity index (χ1) is 16.6. The number of carbonyl (C=O) groups is 1. The number of rotatable bonds is 9. The summed E-state index contributed by atoms with van der Waals surface area (Å²) in [4.78, 5) is 18.7. The van der Waals surface area contributed by atoms with Crippen molar-refractivity contribution in [1.82, 2.24) is 4.98 Å². The van der Waals surface area contributed by atoms with Crippen LogP contribution in [0.15, 0.2) is 40.7 Å². The summed E-state index contributed by atoms with van der Waals surface area (Å²) < 4.78 is 11.2. The number of fused-ring (bicyclic) bond motifs is 1. The van der Waals surface area contributed by atoms with Gasteiger partial charge in [0.2, 0.25) is 5.91 Å². The van der Waals surface area contributed by atoms with Gasteiger partial charge in [-0.05, 0) is 68.7 Å². The van der Waals surface area contributed by atoms with Crippen molar-refractivity contribution in [2.75, 3.05) is 24.3 Å². The smallest absolute Gasteiger partial charge is 0.234 e. The van der Waals surface area contributed by atoms with Gasteiger partial charge in [0, 0.05) is 22.2 Å². The normalized spacial score (nSPS) is 12.5. The molecule has 6 nitrogen and oxygen atoms in total. The Kier molecular flexibility index (Phi) is 8.09. The molecule has 0 spiro atoms. The van der Waals surface area contributed by atoms with Crippen molar-refractivity contribution in [2.45, 2.75) is 44.6 Å². The van der Waals surface area contributed by atoms with Crippen molar-refractivity contribution >= 4 is 34.7 Å². The van der Waals surface area contributed by atoms with Crippen LogP contribution in [0.4, 0.5) is 5.69 Å². The van der Waals surface area contributed by atoms with Gasteiger partial charge in [0.05, 0.1) is 30.2 Å². The molecule has 1 amide bonds. The second-order valence-corrected chi connectivity index (χ2v) is 9.66. The molecule has 0 fully saturated rings. The molecule has 0 saturated heterocycles. The first kappa shape index (κ1) is 24.1. The van der Waals surface area contributed by atoms with Gasteiger partial charge in [0.15, 0.2) is 0 Å². The van der Waals surface area contributed by atoms with Crippen molar-refractivity contribution < 1.29 is 14.3 Å². The number of aryl methyl sites for hydroxylation is 1. The largest absolute Gasteiger partial charge is 0.494 e. The van der Waals surface area contributed by atoms with Gasteiger partial charge in [0.1, 0.15) is 22.6 Å². The highest BCUT2D eigenvalue weighted by Gasteiger charge is 2.24. The number of carbonyl (C=O) groups excluding carboxylic acids is 1. The van der Waals surface area contributed by atoms with Crippen LogP contribution in [-0.4, -0.2) is 29.9 Å². The topological polar surface area (TPSA) is 84.2 Å². The molecule has 8 heteroatoms. The van der Waals surface area contributed by atoms with E-state index in [-0.39, 0.29) is 11.7 Å². The molecule has 3 aromatic rings. The molecular formula is C26H27N3O3S2. The fraction of sp³-hybridized carbons (Fsp3) is 0.346. The standard InChI is InChI=1S/C26H27N3O3S2/c1-3-31-17-11-12-21(22(14-17)32-4-2)28-24(30)16-34-26-19(15-27)25(23-10-7-13-33-23)18-8-5-6-9-20(18)29-26/h7,10-14H,3-6,8-9,16H2,1-2H3,(H,28,30). The zero-order valence-electron chi connectivity index (χ0n) is 19.3. The number of anilines is 1. The van der Waals surface area contributed by atoms with Gasteiger partial charge < -0.3 is 14.8 Å². The highest BCUT2D eigenvalue weighted by Crippen LogP contribution is 2.39. The van der Waals surface area contributed by atoms with Gasteiger partial charge in [-0.25, -0.2) is 4.98 Å². The van der Waals surface area contributed by atoms with Crippen LogP contribution >= 0.6 is 23.1 Å². The summed E-state index contributed by atoms with van der Waals surface area (Å²) in [5.74, 6) is 1.22. The van der Waals surface area contributed by atoms with Crippen molar-refractivity contribution in [1.29, 1.82) is 5.26 Å². The van der Waals surface area contributed by atoms with Crippen LogP contribution in [-0.2, 0) is 17.6 Å². The third kappa shape index (κ3) is 5.37. The molecule has 4 rings (SSSR count). The van der Waals surface area contributed by atoms with E-state index in [1.165, 1.54) is 17.3 Å². The number of hydrogen-bond acceptors (Lipinski definition) is 7. The van der Waals surface area contributed by atoms with Gasteiger partial charge >= 0.3 is 0 Å². The van der Waals surface area contributed by atoms with Gasteiger partial charge in [-0.3, -0.25) is 4.79 Å². The fourth-order valence-corrected chi connectivity index (χ4v) is 5.69. The molecule has 0 radical (unpaired) electrons. The van der Waals surface area contributed by atoms with E-state index in [2.05, 4.69) is 17.5 Å². The number of benzene rings is 1. The molecule has 2 heterocycles. The number of thioether (sulfide) groups is 1. The molecule has 1 aliphatic carbocycles. The summed E-state index contributed by atoms with van der Waals surface area (Å²) in [5, 5.41) is 15.6. The van der Waals surface area contributed by atoms with Crippen LogP contribution in [0.3, 0.4) is 0 Å². The number of hydrogen-bond donors (Lipinski definition) is 1. The predicted molar refractivity (Wildman–Crippen MR) is 137 cm³/mol. The van der Waals surface area contributed by atoms with Gasteiger partial charge in [-0.1, -0.05) is 17.8 Å². The SMILES string of the molecule is CCOc1ccc(NC(=O)CSc2nc3c(c(-c4cccs4)c2C#N)CCCC3)c(OCC)c1. The Morgan fingerprint density at radius 1 is 1.21 bits per heavy atom. The number of ether oxygens (including phenoxy) is 2. The number of nitrogens with zero attached hydrogens (tertiary/aromatic N) is 2. The third-order valence-electron chi connectivity index (χ3n) is 5.50. The lowest BCUT2D eigenvalue weighted by atomic mass is 9.89. The van der Waals surface area contributed by atoms with E-state index in [0.717, 1.165) is 41.8 Å². The lowest BCUT2D eigenvalue weighted by molar-refractivity contribution is -0.113. The summed E-state index contributed by atoms with van der Waals surface area (Å²) >= 11 is 2.94. The molecule has 0 saturated carbocycles. The molecule has 0 atom stereocenters. The van der Waals surface area contributed by atoms with Crippen LogP contribution in [0.1, 0.15) is 43.5 Å². The summed E-state index contributed by atoms with van der Waals surface area (Å²) in [5.41, 5.74) is 4.40. The summed E-state index contributed by atoms with van der Waals surface area (Å²) in [6, 6.07) is 11.8. The number of amides is 1. The Bertz CT molecular complexity index is 1200. The summed E-state index contributed by atoms with van der Waals surface area (Å²) in [6.07, 6.45) is 4.05. The molecule has 1 N–H and O–H groups in total. The van der Waals surface area contributed by atoms with Crippen LogP contribution in [0.5, 0.6) is 11.5 Å². The maximum absolute atomic E-state index is 12.8. The average molecular weight is 494 g/mol. The minimum atomic E-state index is -0.184. The van der Waals surface area contributed by atoms with Crippen LogP contribution in [0.25, 0.3) is 10.4 Å². The Morgan fingerprint density at radius 3 is 2.76 bits per heavy atom. The second kappa shape index (κ2) is 11.4. The molecule has 1 aliphatic rings. The van der Waals surface area contributed by atoms with Crippen molar-refractivity contribution in [2.24, 2.45) is 0 Å². The van der Waals surface area contributed by atoms with Crippen molar-refractivity contribution in [3.8, 4) is 28.0 Å². The Morgan fingerprint density at radius 2 is 2.03 bits per heavy atom. The number of thiophene rings is 1. The highest BCUT2D eigenvalue weighted by molar-refractivity contribution is 8.00. The van der Waals surface area contributed by atoms with E-state index < -0.39 is 0 Å². The number of pyridine rings is 1. The van der Waals surface area contributed by atoms with Crippen LogP contribution < -0.4 is 14.8 Å². The van der Waals surface area contributed by atoms with Gasteiger partial charge in [0.25, 0.3) is 0 Å².